The lowest BCUT2D eigenvalue weighted by molar-refractivity contribution is -0.140. The topological polar surface area (TPSA) is 49.4 Å². The van der Waals surface area contributed by atoms with Crippen LogP contribution in [0.5, 0.6) is 0 Å². The molecular weight excluding hydrogens is 431 g/mol. The molecule has 3 aromatic carbocycles. The first-order chi connectivity index (χ1) is 15.0. The van der Waals surface area contributed by atoms with E-state index < -0.39 is 6.04 Å². The Bertz CT molecular complexity index is 1010. The lowest BCUT2D eigenvalue weighted by Crippen LogP contribution is -2.50. The first-order valence-electron chi connectivity index (χ1n) is 10.0. The van der Waals surface area contributed by atoms with E-state index in [0.29, 0.717) is 28.6 Å². The molecule has 0 unspecified atom stereocenters. The number of hydrogen-bond acceptors (Lipinski definition) is 2. The third kappa shape index (κ3) is 6.09. The minimum Gasteiger partial charge on any atom is -0.357 e. The zero-order valence-corrected chi connectivity index (χ0v) is 18.7. The van der Waals surface area contributed by atoms with Crippen LogP contribution < -0.4 is 5.32 Å². The summed E-state index contributed by atoms with van der Waals surface area (Å²) in [6.07, 6.45) is 0.406. The van der Waals surface area contributed by atoms with Gasteiger partial charge in [0.2, 0.25) is 11.8 Å². The molecule has 0 fully saturated rings. The third-order valence-corrected chi connectivity index (χ3v) is 5.81. The van der Waals surface area contributed by atoms with Gasteiger partial charge in [-0.1, -0.05) is 89.9 Å². The van der Waals surface area contributed by atoms with Crippen LogP contribution in [0.1, 0.15) is 16.7 Å². The lowest BCUT2D eigenvalue weighted by Gasteiger charge is -2.31. The van der Waals surface area contributed by atoms with E-state index >= 15 is 0 Å². The molecule has 0 aliphatic carbocycles. The number of rotatable bonds is 8. The molecule has 1 N–H and O–H groups in total. The van der Waals surface area contributed by atoms with Crippen LogP contribution in [-0.2, 0) is 29.0 Å². The molecule has 0 saturated carbocycles. The van der Waals surface area contributed by atoms with Gasteiger partial charge in [0.05, 0.1) is 6.42 Å². The molecule has 0 heterocycles. The summed E-state index contributed by atoms with van der Waals surface area (Å²) in [5.74, 6) is -0.443. The van der Waals surface area contributed by atoms with E-state index in [1.165, 1.54) is 0 Å². The summed E-state index contributed by atoms with van der Waals surface area (Å²) >= 11 is 12.6. The molecule has 4 nitrogen and oxygen atoms in total. The Morgan fingerprint density at radius 1 is 0.839 bits per heavy atom. The molecule has 0 saturated heterocycles. The molecule has 2 amide bonds. The van der Waals surface area contributed by atoms with Crippen molar-refractivity contribution in [3.63, 3.8) is 0 Å². The Morgan fingerprint density at radius 2 is 1.39 bits per heavy atom. The Morgan fingerprint density at radius 3 is 1.94 bits per heavy atom. The van der Waals surface area contributed by atoms with Gasteiger partial charge < -0.3 is 10.2 Å². The second-order valence-corrected chi connectivity index (χ2v) is 8.02. The molecule has 1 atom stereocenters. The number of halogens is 2. The van der Waals surface area contributed by atoms with Gasteiger partial charge in [0, 0.05) is 30.1 Å². The van der Waals surface area contributed by atoms with Crippen LogP contribution in [0.4, 0.5) is 0 Å². The summed E-state index contributed by atoms with van der Waals surface area (Å²) in [5.41, 5.74) is 2.46. The average Bonchev–Trinajstić information content (AvgIpc) is 2.79. The molecule has 31 heavy (non-hydrogen) atoms. The van der Waals surface area contributed by atoms with Gasteiger partial charge in [0.25, 0.3) is 0 Å². The van der Waals surface area contributed by atoms with Crippen molar-refractivity contribution in [1.29, 1.82) is 0 Å². The normalized spacial score (nSPS) is 11.6. The molecule has 0 radical (unpaired) electrons. The van der Waals surface area contributed by atoms with E-state index in [1.807, 2.05) is 60.7 Å². The molecule has 0 aliphatic rings. The van der Waals surface area contributed by atoms with Crippen LogP contribution in [0.15, 0.2) is 78.9 Å². The number of nitrogens with one attached hydrogen (secondary N) is 1. The molecule has 6 heteroatoms. The molecule has 3 rings (SSSR count). The van der Waals surface area contributed by atoms with E-state index in [2.05, 4.69) is 5.32 Å². The third-order valence-electron chi connectivity index (χ3n) is 5.10. The van der Waals surface area contributed by atoms with Crippen LogP contribution in [0.3, 0.4) is 0 Å². The highest BCUT2D eigenvalue weighted by atomic mass is 35.5. The fourth-order valence-electron chi connectivity index (χ4n) is 3.45. The molecule has 0 aliphatic heterocycles. The molecule has 160 valence electrons. The number of carbonyl (C=O) groups excluding carboxylic acids is 2. The Hall–Kier alpha value is -2.82. The summed E-state index contributed by atoms with van der Waals surface area (Å²) in [6, 6.07) is 23.7. The van der Waals surface area contributed by atoms with Gasteiger partial charge in [-0.15, -0.1) is 0 Å². The SMILES string of the molecule is CNC(=O)[C@H](Cc1ccccc1)N(Cc1ccccc1)C(=O)Cc1c(Cl)cccc1Cl. The molecule has 0 bridgehead atoms. The molecule has 0 spiro atoms. The van der Waals surface area contributed by atoms with Crippen molar-refractivity contribution in [2.75, 3.05) is 7.05 Å². The second-order valence-electron chi connectivity index (χ2n) is 7.20. The number of nitrogens with zero attached hydrogens (tertiary/aromatic N) is 1. The number of benzene rings is 3. The predicted molar refractivity (Wildman–Crippen MR) is 125 cm³/mol. The van der Waals surface area contributed by atoms with E-state index in [0.717, 1.165) is 11.1 Å². The van der Waals surface area contributed by atoms with Gasteiger partial charge in [-0.2, -0.15) is 0 Å². The standard InChI is InChI=1S/C25H24Cl2N2O2/c1-28-25(31)23(15-18-9-4-2-5-10-18)29(17-19-11-6-3-7-12-19)24(30)16-20-21(26)13-8-14-22(20)27/h2-14,23H,15-17H2,1H3,(H,28,31)/t23-/m0/s1. The lowest BCUT2D eigenvalue weighted by atomic mass is 10.0. The predicted octanol–water partition coefficient (Wildman–Crippen LogP) is 4.92. The van der Waals surface area contributed by atoms with Gasteiger partial charge in [-0.25, -0.2) is 0 Å². The van der Waals surface area contributed by atoms with Gasteiger partial charge >= 0.3 is 0 Å². The van der Waals surface area contributed by atoms with Gasteiger partial charge in [0.15, 0.2) is 0 Å². The van der Waals surface area contributed by atoms with E-state index in [-0.39, 0.29) is 18.2 Å². The zero-order valence-electron chi connectivity index (χ0n) is 17.2. The summed E-state index contributed by atoms with van der Waals surface area (Å²) in [7, 11) is 1.58. The van der Waals surface area contributed by atoms with Crippen molar-refractivity contribution in [3.8, 4) is 0 Å². The number of hydrogen-bond donors (Lipinski definition) is 1. The van der Waals surface area contributed by atoms with Crippen molar-refractivity contribution in [1.82, 2.24) is 10.2 Å². The fraction of sp³-hybridized carbons (Fsp3) is 0.200. The highest BCUT2D eigenvalue weighted by molar-refractivity contribution is 6.36. The summed E-state index contributed by atoms with van der Waals surface area (Å²) < 4.78 is 0. The van der Waals surface area contributed by atoms with Crippen molar-refractivity contribution in [2.24, 2.45) is 0 Å². The number of carbonyl (C=O) groups is 2. The quantitative estimate of drug-likeness (QED) is 0.524. The van der Waals surface area contributed by atoms with Gasteiger partial charge in [-0.05, 0) is 28.8 Å². The number of amides is 2. The van der Waals surface area contributed by atoms with Crippen molar-refractivity contribution in [2.45, 2.75) is 25.4 Å². The summed E-state index contributed by atoms with van der Waals surface area (Å²) in [6.45, 7) is 0.298. The van der Waals surface area contributed by atoms with Crippen molar-refractivity contribution >= 4 is 35.0 Å². The van der Waals surface area contributed by atoms with Crippen LogP contribution in [0, 0.1) is 0 Å². The molecule has 0 aromatic heterocycles. The van der Waals surface area contributed by atoms with Crippen LogP contribution in [0.25, 0.3) is 0 Å². The van der Waals surface area contributed by atoms with E-state index in [9.17, 15) is 9.59 Å². The van der Waals surface area contributed by atoms with Crippen LogP contribution in [0.2, 0.25) is 10.0 Å². The zero-order chi connectivity index (χ0) is 22.2. The Balaban J connectivity index is 1.96. The second kappa shape index (κ2) is 11.0. The highest BCUT2D eigenvalue weighted by Gasteiger charge is 2.30. The summed E-state index contributed by atoms with van der Waals surface area (Å²) in [4.78, 5) is 28.0. The minimum absolute atomic E-state index is 0.00756. The largest absolute Gasteiger partial charge is 0.357 e. The first-order valence-corrected chi connectivity index (χ1v) is 10.8. The van der Waals surface area contributed by atoms with Crippen molar-refractivity contribution in [3.05, 3.63) is 106 Å². The van der Waals surface area contributed by atoms with E-state index in [4.69, 9.17) is 23.2 Å². The average molecular weight is 455 g/mol. The smallest absolute Gasteiger partial charge is 0.242 e. The molecule has 3 aromatic rings. The maximum Gasteiger partial charge on any atom is 0.242 e. The maximum atomic E-state index is 13.5. The van der Waals surface area contributed by atoms with E-state index in [1.54, 1.807) is 30.1 Å². The minimum atomic E-state index is -0.679. The van der Waals surface area contributed by atoms with Crippen molar-refractivity contribution < 1.29 is 9.59 Å². The Kier molecular flexibility index (Phi) is 8.10. The number of likely N-dealkylation sites (N-methyl/N-ethyl adjacent to an activating group) is 1. The van der Waals surface area contributed by atoms with Crippen LogP contribution >= 0.6 is 23.2 Å². The monoisotopic (exact) mass is 454 g/mol. The van der Waals surface area contributed by atoms with Crippen LogP contribution in [-0.4, -0.2) is 29.8 Å². The summed E-state index contributed by atoms with van der Waals surface area (Å²) in [5, 5.41) is 3.57. The maximum absolute atomic E-state index is 13.5. The Labute approximate surface area is 192 Å². The first kappa shape index (κ1) is 22.9. The van der Waals surface area contributed by atoms with Gasteiger partial charge in [0.1, 0.15) is 6.04 Å². The molecular formula is C25H24Cl2N2O2. The fourth-order valence-corrected chi connectivity index (χ4v) is 3.99. The highest BCUT2D eigenvalue weighted by Crippen LogP contribution is 2.26. The van der Waals surface area contributed by atoms with Gasteiger partial charge in [-0.3, -0.25) is 9.59 Å².